The summed E-state index contributed by atoms with van der Waals surface area (Å²) in [7, 11) is 0. The maximum Gasteiger partial charge on any atom is 0.132 e. The van der Waals surface area contributed by atoms with Crippen LogP contribution in [0.3, 0.4) is 0 Å². The van der Waals surface area contributed by atoms with Gasteiger partial charge in [-0.05, 0) is 25.1 Å². The second-order valence-electron chi connectivity index (χ2n) is 3.45. The highest BCUT2D eigenvalue weighted by Gasteiger charge is 2.16. The first-order valence-electron chi connectivity index (χ1n) is 4.83. The van der Waals surface area contributed by atoms with Gasteiger partial charge in [0.15, 0.2) is 0 Å². The lowest BCUT2D eigenvalue weighted by Gasteiger charge is -2.05. The van der Waals surface area contributed by atoms with Gasteiger partial charge in [-0.2, -0.15) is 0 Å². The first-order valence-corrected chi connectivity index (χ1v) is 4.83. The zero-order valence-electron chi connectivity index (χ0n) is 8.13. The fraction of sp³-hybridized carbons (Fsp3) is 0.273. The van der Waals surface area contributed by atoms with Gasteiger partial charge in [-0.1, -0.05) is 6.07 Å². The molecule has 80 valence electrons. The summed E-state index contributed by atoms with van der Waals surface area (Å²) >= 11 is 0. The second-order valence-corrected chi connectivity index (χ2v) is 3.45. The molecule has 4 heteroatoms. The van der Waals surface area contributed by atoms with E-state index < -0.39 is 12.0 Å². The molecule has 3 N–H and O–H groups in total. The van der Waals surface area contributed by atoms with Crippen LogP contribution in [0.2, 0.25) is 0 Å². The summed E-state index contributed by atoms with van der Waals surface area (Å²) in [6.07, 6.45) is 0.510. The van der Waals surface area contributed by atoms with Crippen LogP contribution >= 0.6 is 0 Å². The smallest absolute Gasteiger partial charge is 0.132 e. The van der Waals surface area contributed by atoms with Crippen LogP contribution in [-0.4, -0.2) is 11.5 Å². The van der Waals surface area contributed by atoms with Crippen molar-refractivity contribution < 1.29 is 8.78 Å². The Kier molecular flexibility index (Phi) is 2.68. The van der Waals surface area contributed by atoms with E-state index in [9.17, 15) is 8.78 Å². The molecule has 0 aliphatic heterocycles. The van der Waals surface area contributed by atoms with Crippen molar-refractivity contribution in [3.05, 3.63) is 35.8 Å². The van der Waals surface area contributed by atoms with Crippen molar-refractivity contribution in [3.63, 3.8) is 0 Å². The minimum Gasteiger partial charge on any atom is -0.361 e. The van der Waals surface area contributed by atoms with Gasteiger partial charge >= 0.3 is 0 Å². The average Bonchev–Trinajstić information content (AvgIpc) is 2.63. The molecule has 1 atom stereocenters. The van der Waals surface area contributed by atoms with Crippen molar-refractivity contribution in [3.8, 4) is 0 Å². The van der Waals surface area contributed by atoms with E-state index in [1.165, 1.54) is 12.3 Å². The minimum atomic E-state index is -1.21. The van der Waals surface area contributed by atoms with Crippen LogP contribution in [0.25, 0.3) is 10.9 Å². The number of hydrogen-bond acceptors (Lipinski definition) is 1. The van der Waals surface area contributed by atoms with Gasteiger partial charge in [0.1, 0.15) is 12.0 Å². The molecule has 0 amide bonds. The third-order valence-corrected chi connectivity index (χ3v) is 2.44. The van der Waals surface area contributed by atoms with Crippen LogP contribution in [0.15, 0.2) is 24.4 Å². The number of nitrogens with one attached hydrogen (secondary N) is 1. The third kappa shape index (κ3) is 1.72. The molecule has 2 rings (SSSR count). The Balaban J connectivity index is 2.52. The maximum absolute atomic E-state index is 13.6. The Morgan fingerprint density at radius 3 is 2.93 bits per heavy atom. The van der Waals surface area contributed by atoms with Crippen LogP contribution in [0.5, 0.6) is 0 Å². The topological polar surface area (TPSA) is 41.8 Å². The number of fused-ring (bicyclic) bond motifs is 1. The monoisotopic (exact) mass is 210 g/mol. The Labute approximate surface area is 86.1 Å². The fourth-order valence-corrected chi connectivity index (χ4v) is 1.71. The molecule has 2 aromatic rings. The zero-order valence-corrected chi connectivity index (χ0v) is 8.13. The van der Waals surface area contributed by atoms with E-state index in [1.807, 2.05) is 0 Å². The predicted octanol–water partition coefficient (Wildman–Crippen LogP) is 2.67. The number of halogens is 2. The quantitative estimate of drug-likeness (QED) is 0.803. The molecule has 0 saturated carbocycles. The SMILES string of the molecule is NCCC(F)c1c[nH]c2cccc(F)c12. The molecule has 1 aromatic heterocycles. The van der Waals surface area contributed by atoms with Crippen molar-refractivity contribution in [2.24, 2.45) is 5.73 Å². The number of rotatable bonds is 3. The van der Waals surface area contributed by atoms with E-state index in [4.69, 9.17) is 5.73 Å². The summed E-state index contributed by atoms with van der Waals surface area (Å²) in [5.41, 5.74) is 6.24. The number of hydrogen-bond donors (Lipinski definition) is 2. The minimum absolute atomic E-state index is 0.210. The summed E-state index contributed by atoms with van der Waals surface area (Å²) in [5, 5.41) is 0.332. The third-order valence-electron chi connectivity index (χ3n) is 2.44. The van der Waals surface area contributed by atoms with Crippen molar-refractivity contribution in [1.29, 1.82) is 0 Å². The first-order chi connectivity index (χ1) is 7.24. The molecule has 0 saturated heterocycles. The van der Waals surface area contributed by atoms with Crippen molar-refractivity contribution >= 4 is 10.9 Å². The van der Waals surface area contributed by atoms with E-state index in [1.54, 1.807) is 12.1 Å². The molecule has 1 heterocycles. The van der Waals surface area contributed by atoms with Gasteiger partial charge in [0.25, 0.3) is 0 Å². The maximum atomic E-state index is 13.6. The lowest BCUT2D eigenvalue weighted by atomic mass is 10.1. The molecule has 0 aliphatic rings. The van der Waals surface area contributed by atoms with Gasteiger partial charge in [-0.15, -0.1) is 0 Å². The van der Waals surface area contributed by atoms with E-state index in [0.717, 1.165) is 0 Å². The molecular weight excluding hydrogens is 198 g/mol. The largest absolute Gasteiger partial charge is 0.361 e. The molecule has 0 fully saturated rings. The van der Waals surface area contributed by atoms with E-state index in [-0.39, 0.29) is 13.0 Å². The average molecular weight is 210 g/mol. The Morgan fingerprint density at radius 1 is 1.40 bits per heavy atom. The summed E-state index contributed by atoms with van der Waals surface area (Å²) in [5.74, 6) is -0.400. The molecule has 1 aromatic carbocycles. The number of nitrogens with two attached hydrogens (primary N) is 1. The lowest BCUT2D eigenvalue weighted by Crippen LogP contribution is -2.03. The molecule has 0 radical (unpaired) electrons. The molecule has 15 heavy (non-hydrogen) atoms. The highest BCUT2D eigenvalue weighted by atomic mass is 19.1. The number of aromatic amines is 1. The summed E-state index contributed by atoms with van der Waals surface area (Å²) in [6.45, 7) is 0.252. The molecule has 1 unspecified atom stereocenters. The fourth-order valence-electron chi connectivity index (χ4n) is 1.71. The van der Waals surface area contributed by atoms with E-state index in [2.05, 4.69) is 4.98 Å². The van der Waals surface area contributed by atoms with Crippen LogP contribution in [0.1, 0.15) is 18.2 Å². The van der Waals surface area contributed by atoms with Gasteiger partial charge in [-0.3, -0.25) is 0 Å². The summed E-state index contributed by atoms with van der Waals surface area (Å²) in [4.78, 5) is 2.85. The van der Waals surface area contributed by atoms with Gasteiger partial charge in [0, 0.05) is 22.7 Å². The standard InChI is InChI=1S/C11H12F2N2/c12-8(4-5-14)7-6-15-10-3-1-2-9(13)11(7)10/h1-3,6,8,15H,4-5,14H2. The number of alkyl halides is 1. The number of aromatic nitrogens is 1. The van der Waals surface area contributed by atoms with E-state index >= 15 is 0 Å². The highest BCUT2D eigenvalue weighted by Crippen LogP contribution is 2.30. The number of H-pyrrole nitrogens is 1. The molecular formula is C11H12F2N2. The van der Waals surface area contributed by atoms with Crippen LogP contribution in [0.4, 0.5) is 8.78 Å². The predicted molar refractivity (Wildman–Crippen MR) is 55.8 cm³/mol. The molecule has 0 spiro atoms. The lowest BCUT2D eigenvalue weighted by molar-refractivity contribution is 0.329. The van der Waals surface area contributed by atoms with Crippen LogP contribution in [-0.2, 0) is 0 Å². The van der Waals surface area contributed by atoms with Gasteiger partial charge in [0.05, 0.1) is 0 Å². The van der Waals surface area contributed by atoms with E-state index in [0.29, 0.717) is 16.5 Å². The summed E-state index contributed by atoms with van der Waals surface area (Å²) in [6, 6.07) is 4.64. The van der Waals surface area contributed by atoms with Gasteiger partial charge in [-0.25, -0.2) is 8.78 Å². The molecule has 0 bridgehead atoms. The molecule has 2 nitrogen and oxygen atoms in total. The first kappa shape index (κ1) is 10.1. The molecule has 0 aliphatic carbocycles. The van der Waals surface area contributed by atoms with Gasteiger partial charge < -0.3 is 10.7 Å². The number of benzene rings is 1. The van der Waals surface area contributed by atoms with Crippen molar-refractivity contribution in [2.45, 2.75) is 12.6 Å². The van der Waals surface area contributed by atoms with Gasteiger partial charge in [0.2, 0.25) is 0 Å². The van der Waals surface area contributed by atoms with Crippen LogP contribution < -0.4 is 5.73 Å². The van der Waals surface area contributed by atoms with Crippen LogP contribution in [0, 0.1) is 5.82 Å². The Bertz CT molecular complexity index is 465. The second kappa shape index (κ2) is 3.98. The van der Waals surface area contributed by atoms with Crippen molar-refractivity contribution in [1.82, 2.24) is 4.98 Å². The Hall–Kier alpha value is -1.42. The normalized spacial score (nSPS) is 13.3. The zero-order chi connectivity index (χ0) is 10.8. The highest BCUT2D eigenvalue weighted by molar-refractivity contribution is 5.84. The summed E-state index contributed by atoms with van der Waals surface area (Å²) < 4.78 is 27.1. The van der Waals surface area contributed by atoms with Crippen molar-refractivity contribution in [2.75, 3.05) is 6.54 Å². The Morgan fingerprint density at radius 2 is 2.20 bits per heavy atom.